The second kappa shape index (κ2) is 9.89. The van der Waals surface area contributed by atoms with E-state index >= 15 is 0 Å². The molecule has 0 atom stereocenters. The van der Waals surface area contributed by atoms with Gasteiger partial charge in [0.25, 0.3) is 0 Å². The molecule has 0 fully saturated rings. The van der Waals surface area contributed by atoms with Crippen LogP contribution in [0.2, 0.25) is 0 Å². The summed E-state index contributed by atoms with van der Waals surface area (Å²) in [6, 6.07) is 20.6. The summed E-state index contributed by atoms with van der Waals surface area (Å²) in [5.74, 6) is 0.416. The molecule has 0 N–H and O–H groups in total. The van der Waals surface area contributed by atoms with E-state index in [4.69, 9.17) is 4.98 Å². The van der Waals surface area contributed by atoms with Gasteiger partial charge < -0.3 is 0 Å². The first kappa shape index (κ1) is 27.6. The molecule has 0 aliphatic heterocycles. The Kier molecular flexibility index (Phi) is 7.00. The van der Waals surface area contributed by atoms with Gasteiger partial charge in [0.05, 0.1) is 10.4 Å². The monoisotopic (exact) mass is 533 g/mol. The zero-order valence-electron chi connectivity index (χ0n) is 25.4. The predicted molar refractivity (Wildman–Crippen MR) is 173 cm³/mol. The van der Waals surface area contributed by atoms with Gasteiger partial charge in [0.2, 0.25) is 0 Å². The van der Waals surface area contributed by atoms with Crippen molar-refractivity contribution in [1.29, 1.82) is 0 Å². The molecule has 0 unspecified atom stereocenters. The van der Waals surface area contributed by atoms with Gasteiger partial charge in [0.15, 0.2) is 0 Å². The number of pyridine rings is 1. The van der Waals surface area contributed by atoms with Gasteiger partial charge >= 0.3 is 0 Å². The van der Waals surface area contributed by atoms with Crippen LogP contribution in [-0.4, -0.2) is 4.98 Å². The molecule has 2 aromatic heterocycles. The van der Waals surface area contributed by atoms with Gasteiger partial charge in [-0.3, -0.25) is 4.98 Å². The molecule has 5 aromatic rings. The Balaban J connectivity index is 1.77. The molecule has 202 valence electrons. The van der Waals surface area contributed by atoms with Crippen molar-refractivity contribution in [2.24, 2.45) is 5.41 Å². The van der Waals surface area contributed by atoms with Crippen molar-refractivity contribution in [2.45, 2.75) is 87.0 Å². The van der Waals surface area contributed by atoms with Crippen LogP contribution in [0, 0.1) is 19.3 Å². The zero-order valence-corrected chi connectivity index (χ0v) is 26.2. The van der Waals surface area contributed by atoms with Crippen molar-refractivity contribution in [2.75, 3.05) is 0 Å². The van der Waals surface area contributed by atoms with Gasteiger partial charge in [-0.05, 0) is 99.4 Å². The number of hydrogen-bond acceptors (Lipinski definition) is 2. The Morgan fingerprint density at radius 1 is 0.821 bits per heavy atom. The van der Waals surface area contributed by atoms with Crippen LogP contribution in [-0.2, 0) is 11.8 Å². The predicted octanol–water partition coefficient (Wildman–Crippen LogP) is 11.4. The summed E-state index contributed by atoms with van der Waals surface area (Å²) in [5, 5.41) is 3.95. The van der Waals surface area contributed by atoms with Crippen LogP contribution in [0.25, 0.3) is 42.6 Å². The maximum atomic E-state index is 5.02. The highest BCUT2D eigenvalue weighted by Gasteiger charge is 2.24. The van der Waals surface area contributed by atoms with E-state index < -0.39 is 0 Å². The third-order valence-electron chi connectivity index (χ3n) is 7.72. The molecular formula is C37H43NS. The van der Waals surface area contributed by atoms with Crippen molar-refractivity contribution < 1.29 is 0 Å². The quantitative estimate of drug-likeness (QED) is 0.224. The molecule has 39 heavy (non-hydrogen) atoms. The molecule has 5 rings (SSSR count). The van der Waals surface area contributed by atoms with Crippen LogP contribution in [0.5, 0.6) is 0 Å². The van der Waals surface area contributed by atoms with Crippen LogP contribution < -0.4 is 0 Å². The minimum atomic E-state index is 0.0379. The summed E-state index contributed by atoms with van der Waals surface area (Å²) in [5.41, 5.74) is 11.0. The number of nitrogens with zero attached hydrogens (tertiary/aromatic N) is 1. The normalized spacial score (nSPS) is 12.7. The number of rotatable bonds is 4. The molecule has 0 saturated carbocycles. The maximum absolute atomic E-state index is 5.02. The van der Waals surface area contributed by atoms with Crippen molar-refractivity contribution in [1.82, 2.24) is 4.98 Å². The molecule has 0 saturated heterocycles. The lowest BCUT2D eigenvalue weighted by Gasteiger charge is -2.22. The molecule has 0 aliphatic carbocycles. The van der Waals surface area contributed by atoms with Crippen LogP contribution >= 0.6 is 11.3 Å². The fourth-order valence-corrected chi connectivity index (χ4v) is 7.84. The van der Waals surface area contributed by atoms with E-state index in [2.05, 4.69) is 124 Å². The van der Waals surface area contributed by atoms with E-state index in [1.165, 1.54) is 64.7 Å². The molecule has 2 heterocycles. The molecule has 3 aromatic carbocycles. The molecule has 0 aliphatic rings. The summed E-state index contributed by atoms with van der Waals surface area (Å²) in [7, 11) is 0. The fraction of sp³-hybridized carbons (Fsp3) is 0.378. The SMILES string of the molecule is Cc1cc(CC(C)(C)C)cc(C)c1-c1sc2c(-c3cc(C(C)(C)C)c4ccccc4c3)nccc2c1C(C)C. The van der Waals surface area contributed by atoms with Crippen molar-refractivity contribution in [3.05, 3.63) is 88.6 Å². The van der Waals surface area contributed by atoms with Crippen LogP contribution in [0.1, 0.15) is 89.1 Å². The lowest BCUT2D eigenvalue weighted by atomic mass is 9.82. The fourth-order valence-electron chi connectivity index (χ4n) is 6.20. The molecular weight excluding hydrogens is 490 g/mol. The summed E-state index contributed by atoms with van der Waals surface area (Å²) >= 11 is 1.93. The third-order valence-corrected chi connectivity index (χ3v) is 8.96. The van der Waals surface area contributed by atoms with Gasteiger partial charge in [-0.15, -0.1) is 11.3 Å². The van der Waals surface area contributed by atoms with E-state index in [0.29, 0.717) is 5.92 Å². The average Bonchev–Trinajstić information content (AvgIpc) is 3.20. The largest absolute Gasteiger partial charge is 0.255 e. The molecule has 0 spiro atoms. The van der Waals surface area contributed by atoms with E-state index in [1.807, 2.05) is 17.5 Å². The summed E-state index contributed by atoms with van der Waals surface area (Å²) in [4.78, 5) is 6.43. The maximum Gasteiger partial charge on any atom is 0.0880 e. The first-order chi connectivity index (χ1) is 18.2. The third kappa shape index (κ3) is 5.29. The first-order valence-electron chi connectivity index (χ1n) is 14.3. The average molecular weight is 534 g/mol. The lowest BCUT2D eigenvalue weighted by Crippen LogP contribution is -2.12. The Morgan fingerprint density at radius 2 is 1.49 bits per heavy atom. The number of fused-ring (bicyclic) bond motifs is 2. The molecule has 0 radical (unpaired) electrons. The summed E-state index contributed by atoms with van der Waals surface area (Å²) in [6.45, 7) is 23.1. The van der Waals surface area contributed by atoms with Crippen LogP contribution in [0.15, 0.2) is 60.8 Å². The van der Waals surface area contributed by atoms with E-state index in [0.717, 1.165) is 12.1 Å². The van der Waals surface area contributed by atoms with Crippen molar-refractivity contribution in [3.8, 4) is 21.7 Å². The first-order valence-corrected chi connectivity index (χ1v) is 15.1. The Morgan fingerprint density at radius 3 is 2.10 bits per heavy atom. The molecule has 0 amide bonds. The van der Waals surface area contributed by atoms with Crippen molar-refractivity contribution >= 4 is 32.2 Å². The Bertz CT molecular complexity index is 1660. The van der Waals surface area contributed by atoms with Gasteiger partial charge in [-0.2, -0.15) is 0 Å². The Hall–Kier alpha value is -2.97. The number of benzene rings is 3. The molecule has 2 heteroatoms. The topological polar surface area (TPSA) is 12.9 Å². The Labute approximate surface area is 239 Å². The van der Waals surface area contributed by atoms with E-state index in [-0.39, 0.29) is 10.8 Å². The second-order valence-corrected chi connectivity index (χ2v) is 14.9. The van der Waals surface area contributed by atoms with E-state index in [1.54, 1.807) is 0 Å². The number of aryl methyl sites for hydroxylation is 2. The van der Waals surface area contributed by atoms with Crippen LogP contribution in [0.3, 0.4) is 0 Å². The zero-order chi connectivity index (χ0) is 28.3. The van der Waals surface area contributed by atoms with Crippen LogP contribution in [0.4, 0.5) is 0 Å². The minimum absolute atomic E-state index is 0.0379. The van der Waals surface area contributed by atoms with Gasteiger partial charge in [0.1, 0.15) is 0 Å². The van der Waals surface area contributed by atoms with Gasteiger partial charge in [-0.25, -0.2) is 0 Å². The smallest absolute Gasteiger partial charge is 0.0880 e. The molecule has 0 bridgehead atoms. The second-order valence-electron chi connectivity index (χ2n) is 13.9. The lowest BCUT2D eigenvalue weighted by molar-refractivity contribution is 0.411. The molecule has 1 nitrogen and oxygen atoms in total. The highest BCUT2D eigenvalue weighted by atomic mass is 32.1. The highest BCUT2D eigenvalue weighted by molar-refractivity contribution is 7.23. The minimum Gasteiger partial charge on any atom is -0.255 e. The highest BCUT2D eigenvalue weighted by Crippen LogP contribution is 2.48. The number of hydrogen-bond donors (Lipinski definition) is 0. The summed E-state index contributed by atoms with van der Waals surface area (Å²) < 4.78 is 1.30. The van der Waals surface area contributed by atoms with E-state index in [9.17, 15) is 0 Å². The van der Waals surface area contributed by atoms with Crippen molar-refractivity contribution in [3.63, 3.8) is 0 Å². The standard InChI is InChI=1S/C37H43NS/c1-22(2)31-29-15-16-38-33(27-19-26-13-11-12-14-28(26)30(20-27)37(8,9)10)34(29)39-35(31)32-23(3)17-25(18-24(32)4)21-36(5,6)7/h11-20,22H,21H2,1-10H3. The van der Waals surface area contributed by atoms with Gasteiger partial charge in [0, 0.05) is 22.0 Å². The number of aromatic nitrogens is 1. The summed E-state index contributed by atoms with van der Waals surface area (Å²) in [6.07, 6.45) is 3.10. The van der Waals surface area contributed by atoms with Gasteiger partial charge in [-0.1, -0.05) is 91.8 Å². The number of thiophene rings is 1.